The first-order valence-electron chi connectivity index (χ1n) is 7.74. The van der Waals surface area contributed by atoms with E-state index in [4.69, 9.17) is 4.74 Å². The molecule has 124 valence electrons. The van der Waals surface area contributed by atoms with Crippen molar-refractivity contribution >= 4 is 10.0 Å². The van der Waals surface area contributed by atoms with E-state index in [1.54, 1.807) is 0 Å². The van der Waals surface area contributed by atoms with Gasteiger partial charge in [0.15, 0.2) is 0 Å². The summed E-state index contributed by atoms with van der Waals surface area (Å²) in [5, 5.41) is 4.51. The number of nitrogens with one attached hydrogen (secondary N) is 1. The second kappa shape index (κ2) is 6.27. The van der Waals surface area contributed by atoms with Crippen LogP contribution in [0.15, 0.2) is 0 Å². The lowest BCUT2D eigenvalue weighted by Gasteiger charge is -2.36. The minimum atomic E-state index is -3.19. The van der Waals surface area contributed by atoms with Gasteiger partial charge in [-0.25, -0.2) is 13.1 Å². The highest BCUT2D eigenvalue weighted by Gasteiger charge is 2.29. The Morgan fingerprint density at radius 3 is 2.77 bits per heavy atom. The molecule has 1 aromatic heterocycles. The van der Waals surface area contributed by atoms with Gasteiger partial charge < -0.3 is 4.74 Å². The van der Waals surface area contributed by atoms with Crippen LogP contribution in [0.1, 0.15) is 29.8 Å². The molecular formula is C14H24N4O3S. The Hall–Kier alpha value is -0.960. The van der Waals surface area contributed by atoms with Gasteiger partial charge >= 0.3 is 0 Å². The van der Waals surface area contributed by atoms with Crippen LogP contribution in [-0.4, -0.2) is 55.2 Å². The SMILES string of the molecule is Cn1nc(CNS(C)(=O)=O)c2c1CN(C1CCOCC1)CC2. The molecule has 3 heterocycles. The molecule has 7 nitrogen and oxygen atoms in total. The molecule has 0 saturated carbocycles. The number of aryl methyl sites for hydroxylation is 1. The third kappa shape index (κ3) is 3.51. The van der Waals surface area contributed by atoms with Gasteiger partial charge in [0.2, 0.25) is 10.0 Å². The van der Waals surface area contributed by atoms with E-state index in [0.29, 0.717) is 6.04 Å². The largest absolute Gasteiger partial charge is 0.381 e. The lowest BCUT2D eigenvalue weighted by molar-refractivity contribution is 0.0281. The molecule has 0 radical (unpaired) electrons. The van der Waals surface area contributed by atoms with E-state index < -0.39 is 10.0 Å². The van der Waals surface area contributed by atoms with E-state index in [1.165, 1.54) is 17.5 Å². The number of sulfonamides is 1. The summed E-state index contributed by atoms with van der Waals surface area (Å²) in [5.74, 6) is 0. The summed E-state index contributed by atoms with van der Waals surface area (Å²) in [6, 6.07) is 0.592. The molecule has 1 N–H and O–H groups in total. The molecule has 1 aromatic rings. The first-order chi connectivity index (χ1) is 10.4. The minimum absolute atomic E-state index is 0.277. The maximum Gasteiger partial charge on any atom is 0.209 e. The molecular weight excluding hydrogens is 304 g/mol. The van der Waals surface area contributed by atoms with Crippen LogP contribution in [0.25, 0.3) is 0 Å². The van der Waals surface area contributed by atoms with Crippen LogP contribution < -0.4 is 4.72 Å². The van der Waals surface area contributed by atoms with Crippen LogP contribution in [0.2, 0.25) is 0 Å². The summed E-state index contributed by atoms with van der Waals surface area (Å²) >= 11 is 0. The van der Waals surface area contributed by atoms with Crippen LogP contribution in [0.4, 0.5) is 0 Å². The maximum atomic E-state index is 11.3. The van der Waals surface area contributed by atoms with Crippen molar-refractivity contribution in [1.82, 2.24) is 19.4 Å². The molecule has 0 bridgehead atoms. The number of ether oxygens (including phenoxy) is 1. The molecule has 3 rings (SSSR count). The summed E-state index contributed by atoms with van der Waals surface area (Å²) < 4.78 is 32.4. The Balaban J connectivity index is 1.73. The first-order valence-corrected chi connectivity index (χ1v) is 9.63. The highest BCUT2D eigenvalue weighted by Crippen LogP contribution is 2.26. The number of fused-ring (bicyclic) bond motifs is 1. The molecule has 0 unspecified atom stereocenters. The summed E-state index contributed by atoms with van der Waals surface area (Å²) in [6.07, 6.45) is 4.29. The molecule has 22 heavy (non-hydrogen) atoms. The van der Waals surface area contributed by atoms with Crippen molar-refractivity contribution in [2.24, 2.45) is 7.05 Å². The zero-order valence-electron chi connectivity index (χ0n) is 13.2. The molecule has 2 aliphatic rings. The average Bonchev–Trinajstić information content (AvgIpc) is 2.81. The summed E-state index contributed by atoms with van der Waals surface area (Å²) in [5.41, 5.74) is 3.28. The Kier molecular flexibility index (Phi) is 4.54. The van der Waals surface area contributed by atoms with E-state index in [0.717, 1.165) is 51.3 Å². The Morgan fingerprint density at radius 2 is 2.09 bits per heavy atom. The monoisotopic (exact) mass is 328 g/mol. The van der Waals surface area contributed by atoms with Gasteiger partial charge in [-0.05, 0) is 19.3 Å². The Morgan fingerprint density at radius 1 is 1.36 bits per heavy atom. The number of rotatable bonds is 4. The molecule has 1 fully saturated rings. The van der Waals surface area contributed by atoms with Crippen LogP contribution in [0, 0.1) is 0 Å². The topological polar surface area (TPSA) is 76.5 Å². The zero-order valence-corrected chi connectivity index (χ0v) is 14.0. The average molecular weight is 328 g/mol. The molecule has 0 aromatic carbocycles. The van der Waals surface area contributed by atoms with Crippen molar-refractivity contribution in [1.29, 1.82) is 0 Å². The predicted molar refractivity (Wildman–Crippen MR) is 82.8 cm³/mol. The number of aromatic nitrogens is 2. The van der Waals surface area contributed by atoms with Crippen LogP contribution in [0.3, 0.4) is 0 Å². The number of nitrogens with zero attached hydrogens (tertiary/aromatic N) is 3. The highest BCUT2D eigenvalue weighted by molar-refractivity contribution is 7.88. The van der Waals surface area contributed by atoms with E-state index in [2.05, 4.69) is 14.7 Å². The van der Waals surface area contributed by atoms with Crippen molar-refractivity contribution in [2.75, 3.05) is 26.0 Å². The van der Waals surface area contributed by atoms with Gasteiger partial charge in [-0.15, -0.1) is 0 Å². The lowest BCUT2D eigenvalue weighted by Crippen LogP contribution is -2.42. The molecule has 0 atom stereocenters. The third-order valence-electron chi connectivity index (χ3n) is 4.57. The Labute approximate surface area is 131 Å². The van der Waals surface area contributed by atoms with Crippen LogP contribution in [-0.2, 0) is 41.3 Å². The standard InChI is InChI=1S/C14H24N4O3S/c1-17-14-10-18(11-4-7-21-8-5-11)6-3-12(14)13(16-17)9-15-22(2,19)20/h11,15H,3-10H2,1-2H3. The smallest absolute Gasteiger partial charge is 0.209 e. The predicted octanol–water partition coefficient (Wildman–Crippen LogP) is 0.00640. The molecule has 0 aliphatic carbocycles. The van der Waals surface area contributed by atoms with Crippen molar-refractivity contribution in [3.63, 3.8) is 0 Å². The lowest BCUT2D eigenvalue weighted by atomic mass is 9.99. The minimum Gasteiger partial charge on any atom is -0.381 e. The number of hydrogen-bond donors (Lipinski definition) is 1. The molecule has 1 saturated heterocycles. The van der Waals surface area contributed by atoms with Gasteiger partial charge in [-0.2, -0.15) is 5.10 Å². The van der Waals surface area contributed by atoms with Gasteiger partial charge in [-0.3, -0.25) is 9.58 Å². The van der Waals surface area contributed by atoms with Crippen molar-refractivity contribution in [2.45, 2.75) is 38.4 Å². The van der Waals surface area contributed by atoms with E-state index in [1.807, 2.05) is 11.7 Å². The molecule has 2 aliphatic heterocycles. The van der Waals surface area contributed by atoms with Gasteiger partial charge in [0.05, 0.1) is 24.2 Å². The third-order valence-corrected chi connectivity index (χ3v) is 5.24. The summed E-state index contributed by atoms with van der Waals surface area (Å²) in [6.45, 7) is 3.88. The fraction of sp³-hybridized carbons (Fsp3) is 0.786. The quantitative estimate of drug-likeness (QED) is 0.842. The van der Waals surface area contributed by atoms with Gasteiger partial charge in [0, 0.05) is 45.0 Å². The fourth-order valence-corrected chi connectivity index (χ4v) is 3.78. The second-order valence-corrected chi connectivity index (χ2v) is 7.99. The van der Waals surface area contributed by atoms with Crippen molar-refractivity contribution in [3.05, 3.63) is 17.0 Å². The van der Waals surface area contributed by atoms with E-state index in [-0.39, 0.29) is 6.54 Å². The normalized spacial score (nSPS) is 21.0. The van der Waals surface area contributed by atoms with E-state index in [9.17, 15) is 8.42 Å². The van der Waals surface area contributed by atoms with Gasteiger partial charge in [0.1, 0.15) is 0 Å². The highest BCUT2D eigenvalue weighted by atomic mass is 32.2. The van der Waals surface area contributed by atoms with Crippen LogP contribution in [0.5, 0.6) is 0 Å². The second-order valence-electron chi connectivity index (χ2n) is 6.15. The van der Waals surface area contributed by atoms with Crippen molar-refractivity contribution < 1.29 is 13.2 Å². The van der Waals surface area contributed by atoms with Crippen molar-refractivity contribution in [3.8, 4) is 0 Å². The Bertz CT molecular complexity index is 635. The fourth-order valence-electron chi connectivity index (χ4n) is 3.38. The van der Waals surface area contributed by atoms with Crippen LogP contribution >= 0.6 is 0 Å². The van der Waals surface area contributed by atoms with Gasteiger partial charge in [-0.1, -0.05) is 0 Å². The van der Waals surface area contributed by atoms with Gasteiger partial charge in [0.25, 0.3) is 0 Å². The zero-order chi connectivity index (χ0) is 15.7. The first kappa shape index (κ1) is 15.9. The molecule has 8 heteroatoms. The summed E-state index contributed by atoms with van der Waals surface area (Å²) in [7, 11) is -1.25. The molecule has 0 amide bonds. The maximum absolute atomic E-state index is 11.3. The van der Waals surface area contributed by atoms with E-state index >= 15 is 0 Å². The number of hydrogen-bond acceptors (Lipinski definition) is 5. The summed E-state index contributed by atoms with van der Waals surface area (Å²) in [4.78, 5) is 2.51. The molecule has 0 spiro atoms.